The SMILES string of the molecule is CN(C)CCOc1ccccc1-c1cc(-c2ccccc2)on1. The molecule has 0 unspecified atom stereocenters. The summed E-state index contributed by atoms with van der Waals surface area (Å²) in [7, 11) is 4.05. The predicted molar refractivity (Wildman–Crippen MR) is 91.4 cm³/mol. The summed E-state index contributed by atoms with van der Waals surface area (Å²) < 4.78 is 11.4. The Labute approximate surface area is 136 Å². The lowest BCUT2D eigenvalue weighted by Crippen LogP contribution is -2.19. The lowest BCUT2D eigenvalue weighted by atomic mass is 10.1. The Morgan fingerprint density at radius 1 is 1.00 bits per heavy atom. The maximum absolute atomic E-state index is 5.89. The standard InChI is InChI=1S/C19H20N2O2/c1-21(2)12-13-22-18-11-7-6-10-16(18)17-14-19(23-20-17)15-8-4-3-5-9-15/h3-11,14H,12-13H2,1-2H3. The molecule has 0 aliphatic carbocycles. The molecular formula is C19H20N2O2. The molecule has 0 N–H and O–H groups in total. The molecule has 0 amide bonds. The molecule has 4 heteroatoms. The minimum atomic E-state index is 0.632. The Hall–Kier alpha value is -2.59. The summed E-state index contributed by atoms with van der Waals surface area (Å²) in [5, 5.41) is 4.20. The van der Waals surface area contributed by atoms with E-state index in [1.165, 1.54) is 0 Å². The van der Waals surface area contributed by atoms with Gasteiger partial charge in [-0.25, -0.2) is 0 Å². The van der Waals surface area contributed by atoms with Crippen molar-refractivity contribution in [1.29, 1.82) is 0 Å². The third-order valence-electron chi connectivity index (χ3n) is 3.53. The van der Waals surface area contributed by atoms with Gasteiger partial charge in [-0.2, -0.15) is 0 Å². The van der Waals surface area contributed by atoms with Crippen molar-refractivity contribution < 1.29 is 9.26 Å². The lowest BCUT2D eigenvalue weighted by molar-refractivity contribution is 0.262. The van der Waals surface area contributed by atoms with Gasteiger partial charge in [0.25, 0.3) is 0 Å². The molecule has 1 aromatic heterocycles. The van der Waals surface area contributed by atoms with Crippen molar-refractivity contribution in [3.63, 3.8) is 0 Å². The number of ether oxygens (including phenoxy) is 1. The second-order valence-corrected chi connectivity index (χ2v) is 5.59. The van der Waals surface area contributed by atoms with E-state index in [0.717, 1.165) is 34.9 Å². The molecule has 0 fully saturated rings. The zero-order chi connectivity index (χ0) is 16.1. The van der Waals surface area contributed by atoms with Gasteiger partial charge in [-0.1, -0.05) is 47.6 Å². The summed E-state index contributed by atoms with van der Waals surface area (Å²) in [5.41, 5.74) is 2.73. The third-order valence-corrected chi connectivity index (χ3v) is 3.53. The molecular weight excluding hydrogens is 288 g/mol. The van der Waals surface area contributed by atoms with Crippen molar-refractivity contribution in [1.82, 2.24) is 10.1 Å². The molecule has 118 valence electrons. The molecule has 2 aromatic carbocycles. The van der Waals surface area contributed by atoms with Crippen molar-refractivity contribution >= 4 is 0 Å². The Morgan fingerprint density at radius 2 is 1.74 bits per heavy atom. The van der Waals surface area contributed by atoms with Gasteiger partial charge in [0.2, 0.25) is 0 Å². The van der Waals surface area contributed by atoms with Gasteiger partial charge in [-0.05, 0) is 26.2 Å². The van der Waals surface area contributed by atoms with Crippen LogP contribution in [-0.2, 0) is 0 Å². The molecule has 0 radical (unpaired) electrons. The Balaban J connectivity index is 1.83. The summed E-state index contributed by atoms with van der Waals surface area (Å²) in [4.78, 5) is 2.09. The smallest absolute Gasteiger partial charge is 0.167 e. The third kappa shape index (κ3) is 3.79. The number of benzene rings is 2. The summed E-state index contributed by atoms with van der Waals surface area (Å²) in [5.74, 6) is 1.57. The topological polar surface area (TPSA) is 38.5 Å². The van der Waals surface area contributed by atoms with E-state index in [4.69, 9.17) is 9.26 Å². The first-order chi connectivity index (χ1) is 11.2. The molecule has 0 bridgehead atoms. The van der Waals surface area contributed by atoms with Crippen LogP contribution in [0.5, 0.6) is 5.75 Å². The van der Waals surface area contributed by atoms with E-state index in [9.17, 15) is 0 Å². The number of likely N-dealkylation sites (N-methyl/N-ethyl adjacent to an activating group) is 1. The zero-order valence-corrected chi connectivity index (χ0v) is 13.4. The Kier molecular flexibility index (Phi) is 4.74. The van der Waals surface area contributed by atoms with E-state index < -0.39 is 0 Å². The highest BCUT2D eigenvalue weighted by Crippen LogP contribution is 2.32. The first kappa shape index (κ1) is 15.3. The fourth-order valence-corrected chi connectivity index (χ4v) is 2.28. The Bertz CT molecular complexity index is 751. The molecule has 0 aliphatic heterocycles. The van der Waals surface area contributed by atoms with Crippen LogP contribution in [0.25, 0.3) is 22.6 Å². The van der Waals surface area contributed by atoms with E-state index in [1.807, 2.05) is 74.8 Å². The quantitative estimate of drug-likeness (QED) is 0.691. The first-order valence-corrected chi connectivity index (χ1v) is 7.63. The van der Waals surface area contributed by atoms with E-state index in [-0.39, 0.29) is 0 Å². The average Bonchev–Trinajstić information content (AvgIpc) is 3.06. The minimum absolute atomic E-state index is 0.632. The fourth-order valence-electron chi connectivity index (χ4n) is 2.28. The highest BCUT2D eigenvalue weighted by molar-refractivity contribution is 5.71. The van der Waals surface area contributed by atoms with Crippen molar-refractivity contribution in [3.8, 4) is 28.3 Å². The highest BCUT2D eigenvalue weighted by Gasteiger charge is 2.12. The van der Waals surface area contributed by atoms with Crippen LogP contribution < -0.4 is 4.74 Å². The average molecular weight is 308 g/mol. The second kappa shape index (κ2) is 7.11. The van der Waals surface area contributed by atoms with Crippen LogP contribution in [-0.4, -0.2) is 37.3 Å². The summed E-state index contributed by atoms with van der Waals surface area (Å²) >= 11 is 0. The van der Waals surface area contributed by atoms with Gasteiger partial charge in [-0.15, -0.1) is 0 Å². The lowest BCUT2D eigenvalue weighted by Gasteiger charge is -2.12. The molecule has 3 rings (SSSR count). The molecule has 4 nitrogen and oxygen atoms in total. The van der Waals surface area contributed by atoms with Crippen LogP contribution in [0, 0.1) is 0 Å². The summed E-state index contributed by atoms with van der Waals surface area (Å²) in [6, 6.07) is 19.8. The van der Waals surface area contributed by atoms with Gasteiger partial charge in [0, 0.05) is 23.7 Å². The predicted octanol–water partition coefficient (Wildman–Crippen LogP) is 3.95. The van der Waals surface area contributed by atoms with Gasteiger partial charge in [0.05, 0.1) is 0 Å². The molecule has 0 spiro atoms. The molecule has 3 aromatic rings. The van der Waals surface area contributed by atoms with Crippen LogP contribution in [0.2, 0.25) is 0 Å². The van der Waals surface area contributed by atoms with E-state index in [0.29, 0.717) is 6.61 Å². The number of hydrogen-bond acceptors (Lipinski definition) is 4. The van der Waals surface area contributed by atoms with Crippen LogP contribution in [0.15, 0.2) is 65.2 Å². The van der Waals surface area contributed by atoms with Gasteiger partial charge in [-0.3, -0.25) is 0 Å². The van der Waals surface area contributed by atoms with Crippen molar-refractivity contribution in [2.75, 3.05) is 27.2 Å². The van der Waals surface area contributed by atoms with E-state index in [2.05, 4.69) is 10.1 Å². The van der Waals surface area contributed by atoms with Gasteiger partial charge in [0.15, 0.2) is 5.76 Å². The molecule has 0 saturated carbocycles. The van der Waals surface area contributed by atoms with Crippen LogP contribution in [0.1, 0.15) is 0 Å². The van der Waals surface area contributed by atoms with Crippen LogP contribution in [0.3, 0.4) is 0 Å². The maximum atomic E-state index is 5.89. The van der Waals surface area contributed by atoms with E-state index in [1.54, 1.807) is 0 Å². The second-order valence-electron chi connectivity index (χ2n) is 5.59. The first-order valence-electron chi connectivity index (χ1n) is 7.63. The molecule has 1 heterocycles. The van der Waals surface area contributed by atoms with Crippen LogP contribution >= 0.6 is 0 Å². The van der Waals surface area contributed by atoms with Gasteiger partial charge < -0.3 is 14.2 Å². The van der Waals surface area contributed by atoms with Crippen molar-refractivity contribution in [2.45, 2.75) is 0 Å². The largest absolute Gasteiger partial charge is 0.492 e. The summed E-state index contributed by atoms with van der Waals surface area (Å²) in [6.07, 6.45) is 0. The minimum Gasteiger partial charge on any atom is -0.492 e. The fraction of sp³-hybridized carbons (Fsp3) is 0.211. The normalized spacial score (nSPS) is 10.9. The monoisotopic (exact) mass is 308 g/mol. The van der Waals surface area contributed by atoms with Crippen LogP contribution in [0.4, 0.5) is 0 Å². The molecule has 0 atom stereocenters. The summed E-state index contributed by atoms with van der Waals surface area (Å²) in [6.45, 7) is 1.50. The number of para-hydroxylation sites is 1. The number of hydrogen-bond donors (Lipinski definition) is 0. The van der Waals surface area contributed by atoms with Crippen molar-refractivity contribution in [3.05, 3.63) is 60.7 Å². The number of rotatable bonds is 6. The van der Waals surface area contributed by atoms with Gasteiger partial charge >= 0.3 is 0 Å². The molecule has 0 saturated heterocycles. The molecule has 0 aliphatic rings. The highest BCUT2D eigenvalue weighted by atomic mass is 16.5. The maximum Gasteiger partial charge on any atom is 0.167 e. The van der Waals surface area contributed by atoms with Crippen molar-refractivity contribution in [2.24, 2.45) is 0 Å². The molecule has 23 heavy (non-hydrogen) atoms. The number of aromatic nitrogens is 1. The zero-order valence-electron chi connectivity index (χ0n) is 13.4. The number of nitrogens with zero attached hydrogens (tertiary/aromatic N) is 2. The van der Waals surface area contributed by atoms with E-state index >= 15 is 0 Å². The van der Waals surface area contributed by atoms with Gasteiger partial charge in [0.1, 0.15) is 18.1 Å². The Morgan fingerprint density at radius 3 is 2.52 bits per heavy atom.